The number of guanidine groups is 1. The Morgan fingerprint density at radius 1 is 0.900 bits per heavy atom. The molecule has 1 aromatic heterocycles. The molecule has 40 heavy (non-hydrogen) atoms. The van der Waals surface area contributed by atoms with Crippen LogP contribution in [0.25, 0.3) is 0 Å². The second-order valence-electron chi connectivity index (χ2n) is 9.07. The molecule has 1 heterocycles. The molecule has 17 heteroatoms. The van der Waals surface area contributed by atoms with Crippen molar-refractivity contribution in [1.29, 1.82) is 0 Å². The minimum atomic E-state index is -1.39. The number of nitrogens with one attached hydrogen (secondary N) is 4. The predicted molar refractivity (Wildman–Crippen MR) is 143 cm³/mol. The molecular formula is C23H40N10O7. The van der Waals surface area contributed by atoms with Gasteiger partial charge in [0, 0.05) is 31.3 Å². The van der Waals surface area contributed by atoms with Gasteiger partial charge in [-0.1, -0.05) is 0 Å². The highest BCUT2D eigenvalue weighted by molar-refractivity contribution is 5.94. The van der Waals surface area contributed by atoms with Crippen LogP contribution in [0.15, 0.2) is 17.5 Å². The molecule has 0 fully saturated rings. The van der Waals surface area contributed by atoms with Crippen LogP contribution in [0.5, 0.6) is 0 Å². The van der Waals surface area contributed by atoms with Crippen molar-refractivity contribution < 1.29 is 34.2 Å². The van der Waals surface area contributed by atoms with Gasteiger partial charge >= 0.3 is 11.9 Å². The van der Waals surface area contributed by atoms with Crippen molar-refractivity contribution in [2.75, 3.05) is 13.1 Å². The SMILES string of the molecule is NCCCCC(NC(=O)C(N)CCCN=C(N)N)C(=O)NC(CCC(=O)O)C(=O)NC(Cc1cnc[nH]1)C(=O)O. The largest absolute Gasteiger partial charge is 0.481 e. The Bertz CT molecular complexity index is 998. The fourth-order valence-corrected chi connectivity index (χ4v) is 3.59. The molecule has 0 aromatic carbocycles. The molecule has 14 N–H and O–H groups in total. The third-order valence-corrected chi connectivity index (χ3v) is 5.76. The number of nitrogens with two attached hydrogens (primary N) is 4. The number of aliphatic imine (C=N–C) groups is 1. The van der Waals surface area contributed by atoms with Gasteiger partial charge < -0.3 is 54.1 Å². The molecule has 4 unspecified atom stereocenters. The minimum absolute atomic E-state index is 0.0906. The van der Waals surface area contributed by atoms with Crippen LogP contribution in [0, 0.1) is 0 Å². The van der Waals surface area contributed by atoms with Gasteiger partial charge in [0.15, 0.2) is 5.96 Å². The Hall–Kier alpha value is -4.25. The summed E-state index contributed by atoms with van der Waals surface area (Å²) in [6.07, 6.45) is 3.64. The molecule has 4 atom stereocenters. The lowest BCUT2D eigenvalue weighted by molar-refractivity contribution is -0.143. The van der Waals surface area contributed by atoms with E-state index in [1.807, 2.05) is 0 Å². The average molecular weight is 569 g/mol. The van der Waals surface area contributed by atoms with E-state index in [-0.39, 0.29) is 38.2 Å². The fraction of sp³-hybridized carbons (Fsp3) is 0.609. The molecule has 224 valence electrons. The lowest BCUT2D eigenvalue weighted by atomic mass is 10.0. The molecule has 0 aliphatic heterocycles. The van der Waals surface area contributed by atoms with Crippen molar-refractivity contribution in [3.8, 4) is 0 Å². The fourth-order valence-electron chi connectivity index (χ4n) is 3.59. The second kappa shape index (κ2) is 18.1. The first-order valence-electron chi connectivity index (χ1n) is 12.8. The number of aliphatic carboxylic acids is 2. The number of carbonyl (C=O) groups is 5. The Balaban J connectivity index is 2.96. The third kappa shape index (κ3) is 13.5. The van der Waals surface area contributed by atoms with Crippen LogP contribution in [-0.4, -0.2) is 93.1 Å². The van der Waals surface area contributed by atoms with Gasteiger partial charge in [-0.2, -0.15) is 0 Å². The molecule has 0 saturated carbocycles. The first kappa shape index (κ1) is 33.8. The summed E-state index contributed by atoms with van der Waals surface area (Å²) in [5, 5.41) is 26.0. The van der Waals surface area contributed by atoms with E-state index in [1.165, 1.54) is 12.5 Å². The maximum Gasteiger partial charge on any atom is 0.326 e. The number of aromatic nitrogens is 2. The number of hydrogen-bond acceptors (Lipinski definition) is 9. The second-order valence-corrected chi connectivity index (χ2v) is 9.07. The smallest absolute Gasteiger partial charge is 0.326 e. The van der Waals surface area contributed by atoms with Crippen LogP contribution < -0.4 is 38.9 Å². The first-order valence-corrected chi connectivity index (χ1v) is 12.8. The molecule has 0 aliphatic carbocycles. The van der Waals surface area contributed by atoms with E-state index in [4.69, 9.17) is 28.0 Å². The highest BCUT2D eigenvalue weighted by Gasteiger charge is 2.30. The zero-order valence-electron chi connectivity index (χ0n) is 22.2. The first-order chi connectivity index (χ1) is 18.9. The van der Waals surface area contributed by atoms with Crippen molar-refractivity contribution in [1.82, 2.24) is 25.9 Å². The molecule has 0 aliphatic rings. The summed E-state index contributed by atoms with van der Waals surface area (Å²) in [6, 6.07) is -4.85. The Morgan fingerprint density at radius 3 is 2.08 bits per heavy atom. The quantitative estimate of drug-likeness (QED) is 0.0424. The van der Waals surface area contributed by atoms with Crippen LogP contribution in [0.1, 0.15) is 50.6 Å². The van der Waals surface area contributed by atoms with Gasteiger partial charge in [-0.15, -0.1) is 0 Å². The predicted octanol–water partition coefficient (Wildman–Crippen LogP) is -3.13. The normalized spacial score (nSPS) is 13.8. The van der Waals surface area contributed by atoms with Gasteiger partial charge in [0.2, 0.25) is 17.7 Å². The molecule has 1 aromatic rings. The molecular weight excluding hydrogens is 528 g/mol. The standard InChI is InChI=1S/C23H40N10O7/c24-8-2-1-5-15(31-19(36)14(25)4-3-9-29-23(26)27)20(37)32-16(6-7-18(34)35)21(38)33-17(22(39)40)10-13-11-28-12-30-13/h11-12,14-17H,1-10,24-25H2,(H,28,30)(H,31,36)(H,32,37)(H,33,38)(H,34,35)(H,39,40)(H4,26,27,29). The number of carbonyl (C=O) groups excluding carboxylic acids is 3. The summed E-state index contributed by atoms with van der Waals surface area (Å²) in [5.74, 6) is -4.93. The van der Waals surface area contributed by atoms with Crippen molar-refractivity contribution in [2.24, 2.45) is 27.9 Å². The van der Waals surface area contributed by atoms with Crippen molar-refractivity contribution in [3.63, 3.8) is 0 Å². The van der Waals surface area contributed by atoms with Gasteiger partial charge in [-0.05, 0) is 45.1 Å². The number of rotatable bonds is 20. The minimum Gasteiger partial charge on any atom is -0.481 e. The third-order valence-electron chi connectivity index (χ3n) is 5.76. The Morgan fingerprint density at radius 2 is 1.52 bits per heavy atom. The summed E-state index contributed by atoms with van der Waals surface area (Å²) < 4.78 is 0. The zero-order valence-corrected chi connectivity index (χ0v) is 22.2. The van der Waals surface area contributed by atoms with E-state index in [0.717, 1.165) is 0 Å². The number of unbranched alkanes of at least 4 members (excludes halogenated alkanes) is 1. The number of nitrogens with zero attached hydrogens (tertiary/aromatic N) is 2. The summed E-state index contributed by atoms with van der Waals surface area (Å²) in [5.41, 5.74) is 22.5. The highest BCUT2D eigenvalue weighted by atomic mass is 16.4. The van der Waals surface area contributed by atoms with E-state index in [0.29, 0.717) is 31.5 Å². The van der Waals surface area contributed by atoms with Crippen LogP contribution in [0.2, 0.25) is 0 Å². The van der Waals surface area contributed by atoms with Crippen LogP contribution in [0.3, 0.4) is 0 Å². The molecule has 3 amide bonds. The Kier molecular flexibility index (Phi) is 15.3. The molecule has 0 spiro atoms. The summed E-state index contributed by atoms with van der Waals surface area (Å²) in [4.78, 5) is 72.1. The van der Waals surface area contributed by atoms with E-state index in [2.05, 4.69) is 30.9 Å². The van der Waals surface area contributed by atoms with Gasteiger partial charge in [-0.3, -0.25) is 24.2 Å². The van der Waals surface area contributed by atoms with E-state index in [9.17, 15) is 29.1 Å². The summed E-state index contributed by atoms with van der Waals surface area (Å²) >= 11 is 0. The van der Waals surface area contributed by atoms with Gasteiger partial charge in [0.1, 0.15) is 18.1 Å². The topological polar surface area (TPSA) is 307 Å². The van der Waals surface area contributed by atoms with E-state index in [1.54, 1.807) is 0 Å². The number of carboxylic acids is 2. The summed E-state index contributed by atoms with van der Waals surface area (Å²) in [6.45, 7) is 0.616. The summed E-state index contributed by atoms with van der Waals surface area (Å²) in [7, 11) is 0. The monoisotopic (exact) mass is 568 g/mol. The van der Waals surface area contributed by atoms with Gasteiger partial charge in [-0.25, -0.2) is 9.78 Å². The average Bonchev–Trinajstić information content (AvgIpc) is 3.40. The number of hydrogen-bond donors (Lipinski definition) is 10. The molecule has 1 rings (SSSR count). The van der Waals surface area contributed by atoms with Crippen LogP contribution >= 0.6 is 0 Å². The highest BCUT2D eigenvalue weighted by Crippen LogP contribution is 2.07. The van der Waals surface area contributed by atoms with Crippen LogP contribution in [0.4, 0.5) is 0 Å². The molecule has 0 saturated heterocycles. The van der Waals surface area contributed by atoms with E-state index >= 15 is 0 Å². The number of aromatic amines is 1. The number of carboxylic acid groups (broad SMARTS) is 2. The number of amides is 3. The molecule has 17 nitrogen and oxygen atoms in total. The molecule has 0 bridgehead atoms. The maximum absolute atomic E-state index is 13.2. The maximum atomic E-state index is 13.2. The lowest BCUT2D eigenvalue weighted by Crippen LogP contribution is -2.57. The van der Waals surface area contributed by atoms with Gasteiger partial charge in [0.25, 0.3) is 0 Å². The van der Waals surface area contributed by atoms with Crippen molar-refractivity contribution in [2.45, 2.75) is 75.5 Å². The molecule has 0 radical (unpaired) electrons. The van der Waals surface area contributed by atoms with Crippen LogP contribution in [-0.2, 0) is 30.4 Å². The van der Waals surface area contributed by atoms with Crippen molar-refractivity contribution in [3.05, 3.63) is 18.2 Å². The Labute approximate surface area is 230 Å². The van der Waals surface area contributed by atoms with E-state index < -0.39 is 60.2 Å². The zero-order chi connectivity index (χ0) is 30.1. The lowest BCUT2D eigenvalue weighted by Gasteiger charge is -2.25. The van der Waals surface area contributed by atoms with Gasteiger partial charge in [0.05, 0.1) is 12.4 Å². The number of H-pyrrole nitrogens is 1. The number of imidazole rings is 1. The van der Waals surface area contributed by atoms with Crippen molar-refractivity contribution >= 4 is 35.6 Å².